The largest absolute Gasteiger partial charge is 0.350 e. The van der Waals surface area contributed by atoms with E-state index in [9.17, 15) is 0 Å². The number of anilines is 1. The molecule has 1 unspecified atom stereocenters. The molecule has 0 fully saturated rings. The van der Waals surface area contributed by atoms with Crippen LogP contribution < -0.4 is 10.2 Å². The molecule has 0 aromatic carbocycles. The van der Waals surface area contributed by atoms with Crippen molar-refractivity contribution in [2.75, 3.05) is 18.5 Å². The van der Waals surface area contributed by atoms with Crippen LogP contribution >= 0.6 is 11.3 Å². The molecule has 2 N–H and O–H groups in total. The number of thiazole rings is 1. The highest BCUT2D eigenvalue weighted by Crippen LogP contribution is 2.33. The van der Waals surface area contributed by atoms with Crippen molar-refractivity contribution in [3.8, 4) is 0 Å². The summed E-state index contributed by atoms with van der Waals surface area (Å²) in [6.45, 7) is 1.76. The molecule has 1 atom stereocenters. The Kier molecular flexibility index (Phi) is 2.68. The number of aromatic amines is 1. The molecule has 6 nitrogen and oxygen atoms in total. The van der Waals surface area contributed by atoms with Crippen molar-refractivity contribution >= 4 is 28.2 Å². The zero-order valence-electron chi connectivity index (χ0n) is 11.0. The zero-order valence-corrected chi connectivity index (χ0v) is 11.8. The lowest BCUT2D eigenvalue weighted by atomic mass is 10.1. The first-order chi connectivity index (χ1) is 9.84. The maximum absolute atomic E-state index is 4.46. The molecule has 0 saturated heterocycles. The minimum absolute atomic E-state index is 0.263. The molecule has 1 aliphatic rings. The van der Waals surface area contributed by atoms with Gasteiger partial charge in [0.15, 0.2) is 0 Å². The summed E-state index contributed by atoms with van der Waals surface area (Å²) in [5, 5.41) is 4.47. The van der Waals surface area contributed by atoms with E-state index in [-0.39, 0.29) is 6.04 Å². The number of H-pyrrole nitrogens is 1. The lowest BCUT2D eigenvalue weighted by molar-refractivity contribution is 0.534. The van der Waals surface area contributed by atoms with Gasteiger partial charge in [-0.2, -0.15) is 0 Å². The van der Waals surface area contributed by atoms with Crippen LogP contribution in [0.5, 0.6) is 0 Å². The molecule has 102 valence electrons. The number of nitrogens with zero attached hydrogens (tertiary/aromatic N) is 4. The van der Waals surface area contributed by atoms with Gasteiger partial charge in [-0.05, 0) is 6.07 Å². The first-order valence-corrected chi connectivity index (χ1v) is 7.36. The fraction of sp³-hybridized carbons (Fsp3) is 0.308. The minimum Gasteiger partial charge on any atom is -0.350 e. The molecule has 0 spiro atoms. The summed E-state index contributed by atoms with van der Waals surface area (Å²) in [4.78, 5) is 19.8. The molecule has 3 aromatic rings. The Morgan fingerprint density at radius 2 is 2.30 bits per heavy atom. The van der Waals surface area contributed by atoms with E-state index in [1.807, 2.05) is 17.8 Å². The van der Waals surface area contributed by atoms with Gasteiger partial charge in [0.25, 0.3) is 0 Å². The van der Waals surface area contributed by atoms with E-state index in [2.05, 4.69) is 37.2 Å². The van der Waals surface area contributed by atoms with Crippen LogP contribution in [-0.2, 0) is 6.54 Å². The molecule has 0 saturated carbocycles. The van der Waals surface area contributed by atoms with E-state index < -0.39 is 0 Å². The molecule has 20 heavy (non-hydrogen) atoms. The maximum Gasteiger partial charge on any atom is 0.142 e. The average Bonchev–Trinajstić information content (AvgIpc) is 3.13. The van der Waals surface area contributed by atoms with Crippen molar-refractivity contribution < 1.29 is 0 Å². The number of aromatic nitrogens is 4. The van der Waals surface area contributed by atoms with Gasteiger partial charge >= 0.3 is 0 Å². The first-order valence-electron chi connectivity index (χ1n) is 6.48. The second-order valence-corrected chi connectivity index (χ2v) is 5.74. The maximum atomic E-state index is 4.46. The molecular formula is C13H14N6S. The van der Waals surface area contributed by atoms with Crippen LogP contribution in [0.25, 0.3) is 11.0 Å². The van der Waals surface area contributed by atoms with E-state index in [1.54, 1.807) is 17.7 Å². The van der Waals surface area contributed by atoms with Crippen molar-refractivity contribution in [1.29, 1.82) is 0 Å². The van der Waals surface area contributed by atoms with E-state index in [1.165, 1.54) is 4.88 Å². The summed E-state index contributed by atoms with van der Waals surface area (Å²) in [6, 6.07) is 2.28. The Morgan fingerprint density at radius 3 is 3.25 bits per heavy atom. The molecule has 7 heteroatoms. The molecule has 4 heterocycles. The Hall–Kier alpha value is -1.99. The third-order valence-electron chi connectivity index (χ3n) is 3.74. The number of rotatable bonds is 2. The second-order valence-electron chi connectivity index (χ2n) is 4.86. The summed E-state index contributed by atoms with van der Waals surface area (Å²) in [7, 11) is 2.08. The molecule has 0 aliphatic carbocycles. The number of likely N-dealkylation sites (N-methyl/N-ethyl adjacent to an activating group) is 1. The molecule has 1 aliphatic heterocycles. The molecule has 0 amide bonds. The first kappa shape index (κ1) is 11.8. The number of fused-ring (bicyclic) bond motifs is 2. The zero-order chi connectivity index (χ0) is 13.5. The number of hydrogen-bond acceptors (Lipinski definition) is 6. The van der Waals surface area contributed by atoms with Gasteiger partial charge in [0, 0.05) is 26.3 Å². The van der Waals surface area contributed by atoms with Gasteiger partial charge in [0.1, 0.15) is 17.8 Å². The van der Waals surface area contributed by atoms with E-state index in [0.29, 0.717) is 0 Å². The summed E-state index contributed by atoms with van der Waals surface area (Å²) in [5.74, 6) is 0.948. The number of nitrogens with one attached hydrogen (secondary N) is 2. The average molecular weight is 286 g/mol. The summed E-state index contributed by atoms with van der Waals surface area (Å²) in [6.07, 6.45) is 3.50. The van der Waals surface area contributed by atoms with E-state index >= 15 is 0 Å². The van der Waals surface area contributed by atoms with Crippen molar-refractivity contribution in [3.63, 3.8) is 0 Å². The van der Waals surface area contributed by atoms with Crippen molar-refractivity contribution in [2.24, 2.45) is 0 Å². The van der Waals surface area contributed by atoms with Crippen LogP contribution in [0.1, 0.15) is 16.6 Å². The van der Waals surface area contributed by atoms with Gasteiger partial charge in [0.05, 0.1) is 27.5 Å². The highest BCUT2D eigenvalue weighted by Gasteiger charge is 2.27. The van der Waals surface area contributed by atoms with Crippen molar-refractivity contribution in [2.45, 2.75) is 12.6 Å². The van der Waals surface area contributed by atoms with Gasteiger partial charge < -0.3 is 15.2 Å². The van der Waals surface area contributed by atoms with Crippen LogP contribution in [-0.4, -0.2) is 33.5 Å². The Labute approximate surface area is 119 Å². The molecule has 4 rings (SSSR count). The summed E-state index contributed by atoms with van der Waals surface area (Å²) < 4.78 is 0. The Morgan fingerprint density at radius 1 is 1.35 bits per heavy atom. The van der Waals surface area contributed by atoms with Gasteiger partial charge in [-0.1, -0.05) is 0 Å². The Bertz CT molecular complexity index is 748. The van der Waals surface area contributed by atoms with Crippen LogP contribution in [0.4, 0.5) is 5.82 Å². The van der Waals surface area contributed by atoms with Crippen LogP contribution in [0.3, 0.4) is 0 Å². The smallest absolute Gasteiger partial charge is 0.142 e. The lowest BCUT2D eigenvalue weighted by Crippen LogP contribution is -2.37. The van der Waals surface area contributed by atoms with Crippen molar-refractivity contribution in [1.82, 2.24) is 25.3 Å². The van der Waals surface area contributed by atoms with Gasteiger partial charge in [-0.25, -0.2) is 15.0 Å². The van der Waals surface area contributed by atoms with Gasteiger partial charge in [-0.15, -0.1) is 11.3 Å². The molecule has 0 radical (unpaired) electrons. The highest BCUT2D eigenvalue weighted by atomic mass is 32.1. The Balaban J connectivity index is 1.78. The fourth-order valence-corrected chi connectivity index (χ4v) is 3.66. The monoisotopic (exact) mass is 286 g/mol. The van der Waals surface area contributed by atoms with E-state index in [4.69, 9.17) is 0 Å². The second kappa shape index (κ2) is 4.53. The van der Waals surface area contributed by atoms with Crippen molar-refractivity contribution in [3.05, 3.63) is 34.7 Å². The normalized spacial score (nSPS) is 18.1. The third-order valence-corrected chi connectivity index (χ3v) is 4.71. The van der Waals surface area contributed by atoms with Crippen LogP contribution in [0, 0.1) is 0 Å². The predicted molar refractivity (Wildman–Crippen MR) is 78.9 cm³/mol. The highest BCUT2D eigenvalue weighted by molar-refractivity contribution is 7.09. The van der Waals surface area contributed by atoms with Gasteiger partial charge in [-0.3, -0.25) is 0 Å². The SMILES string of the molecule is CN(c1ncnc2[nH]ccc12)C1CNCc2ncsc21. The standard InChI is InChI=1S/C13H14N6S/c1-19(10-5-14-4-9-11(10)20-7-18-9)13-8-2-3-15-12(8)16-6-17-13/h2-3,6-7,10,14H,4-5H2,1H3,(H,15,16,17). The third kappa shape index (κ3) is 1.70. The van der Waals surface area contributed by atoms with Crippen LogP contribution in [0.15, 0.2) is 24.1 Å². The molecule has 3 aromatic heterocycles. The minimum atomic E-state index is 0.263. The summed E-state index contributed by atoms with van der Waals surface area (Å²) in [5.41, 5.74) is 3.94. The summed E-state index contributed by atoms with van der Waals surface area (Å²) >= 11 is 1.72. The van der Waals surface area contributed by atoms with E-state index in [0.717, 1.165) is 35.6 Å². The van der Waals surface area contributed by atoms with Gasteiger partial charge in [0.2, 0.25) is 0 Å². The predicted octanol–water partition coefficient (Wildman–Crippen LogP) is 1.70. The lowest BCUT2D eigenvalue weighted by Gasteiger charge is -2.32. The van der Waals surface area contributed by atoms with Crippen LogP contribution in [0.2, 0.25) is 0 Å². The number of hydrogen-bond donors (Lipinski definition) is 2. The quantitative estimate of drug-likeness (QED) is 0.750. The molecular weight excluding hydrogens is 272 g/mol. The molecule has 0 bridgehead atoms. The fourth-order valence-electron chi connectivity index (χ4n) is 2.70. The topological polar surface area (TPSA) is 69.7 Å².